The first kappa shape index (κ1) is 13.0. The summed E-state index contributed by atoms with van der Waals surface area (Å²) in [6, 6.07) is 0. The third kappa shape index (κ3) is 2.65. The molecule has 1 saturated carbocycles. The topological polar surface area (TPSA) is 69.1 Å². The summed E-state index contributed by atoms with van der Waals surface area (Å²) in [6.45, 7) is 3.03. The van der Waals surface area contributed by atoms with Crippen LogP contribution in [0.3, 0.4) is 0 Å². The van der Waals surface area contributed by atoms with Gasteiger partial charge >= 0.3 is 0 Å². The molecule has 2 heterocycles. The molecule has 0 bridgehead atoms. The molecule has 2 N–H and O–H groups in total. The average molecular weight is 279 g/mol. The Labute approximate surface area is 117 Å². The van der Waals surface area contributed by atoms with Crippen molar-refractivity contribution in [3.63, 3.8) is 0 Å². The quantitative estimate of drug-likeness (QED) is 0.881. The van der Waals surface area contributed by atoms with Gasteiger partial charge in [0.2, 0.25) is 4.96 Å². The standard InChI is InChI=1S/C13H21N5S/c1-9(7-8-14)5-6-11-17-18-12(10-3-2-4-10)15-16-13(18)19-11/h9-10H,2-8,14H2,1H3. The van der Waals surface area contributed by atoms with Gasteiger partial charge in [-0.3, -0.25) is 0 Å². The summed E-state index contributed by atoms with van der Waals surface area (Å²) in [5.41, 5.74) is 5.58. The van der Waals surface area contributed by atoms with E-state index in [0.717, 1.165) is 36.6 Å². The van der Waals surface area contributed by atoms with Gasteiger partial charge in [-0.25, -0.2) is 0 Å². The second kappa shape index (κ2) is 5.54. The Hall–Kier alpha value is -1.01. The fourth-order valence-electron chi connectivity index (χ4n) is 2.49. The number of nitrogens with two attached hydrogens (primary N) is 1. The minimum absolute atomic E-state index is 0.584. The summed E-state index contributed by atoms with van der Waals surface area (Å²) >= 11 is 1.68. The normalized spacial score (nSPS) is 17.8. The molecule has 6 heteroatoms. The van der Waals surface area contributed by atoms with Crippen LogP contribution in [-0.2, 0) is 6.42 Å². The molecule has 0 spiro atoms. The van der Waals surface area contributed by atoms with Crippen molar-refractivity contribution in [3.05, 3.63) is 10.8 Å². The number of aromatic nitrogens is 4. The van der Waals surface area contributed by atoms with Gasteiger partial charge in [0.25, 0.3) is 0 Å². The van der Waals surface area contributed by atoms with Gasteiger partial charge < -0.3 is 5.73 Å². The Morgan fingerprint density at radius 2 is 2.21 bits per heavy atom. The lowest BCUT2D eigenvalue weighted by molar-refractivity contribution is 0.394. The molecule has 2 aromatic rings. The summed E-state index contributed by atoms with van der Waals surface area (Å²) in [5, 5.41) is 14.4. The summed E-state index contributed by atoms with van der Waals surface area (Å²) in [5.74, 6) is 2.32. The van der Waals surface area contributed by atoms with E-state index in [9.17, 15) is 0 Å². The van der Waals surface area contributed by atoms with E-state index in [1.807, 2.05) is 4.52 Å². The van der Waals surface area contributed by atoms with E-state index in [0.29, 0.717) is 11.8 Å². The third-order valence-corrected chi connectivity index (χ3v) is 5.00. The first-order chi connectivity index (χ1) is 9.28. The molecule has 1 atom stereocenters. The van der Waals surface area contributed by atoms with Gasteiger partial charge in [-0.1, -0.05) is 24.7 Å². The monoisotopic (exact) mass is 279 g/mol. The lowest BCUT2D eigenvalue weighted by Gasteiger charge is -2.22. The van der Waals surface area contributed by atoms with Crippen molar-refractivity contribution in [1.82, 2.24) is 19.8 Å². The number of rotatable bonds is 6. The summed E-state index contributed by atoms with van der Waals surface area (Å²) in [7, 11) is 0. The van der Waals surface area contributed by atoms with E-state index in [1.54, 1.807) is 11.3 Å². The third-order valence-electron chi connectivity index (χ3n) is 4.04. The van der Waals surface area contributed by atoms with Crippen LogP contribution >= 0.6 is 11.3 Å². The van der Waals surface area contributed by atoms with Crippen LogP contribution in [0.4, 0.5) is 0 Å². The number of hydrogen-bond acceptors (Lipinski definition) is 5. The minimum Gasteiger partial charge on any atom is -0.330 e. The van der Waals surface area contributed by atoms with Crippen molar-refractivity contribution in [1.29, 1.82) is 0 Å². The highest BCUT2D eigenvalue weighted by molar-refractivity contribution is 7.16. The van der Waals surface area contributed by atoms with E-state index in [2.05, 4.69) is 22.2 Å². The van der Waals surface area contributed by atoms with Gasteiger partial charge in [0.15, 0.2) is 5.82 Å². The van der Waals surface area contributed by atoms with Crippen LogP contribution in [0.2, 0.25) is 0 Å². The van der Waals surface area contributed by atoms with Gasteiger partial charge in [-0.2, -0.15) is 9.61 Å². The SMILES string of the molecule is CC(CCN)CCc1nn2c(C3CCC3)nnc2s1. The van der Waals surface area contributed by atoms with E-state index in [1.165, 1.54) is 24.3 Å². The molecule has 0 saturated heterocycles. The van der Waals surface area contributed by atoms with Gasteiger partial charge in [0.05, 0.1) is 0 Å². The van der Waals surface area contributed by atoms with Crippen LogP contribution < -0.4 is 5.73 Å². The van der Waals surface area contributed by atoms with Crippen LogP contribution in [0.1, 0.15) is 55.8 Å². The lowest BCUT2D eigenvalue weighted by atomic mass is 9.85. The molecule has 0 radical (unpaired) electrons. The van der Waals surface area contributed by atoms with Crippen LogP contribution in [0.5, 0.6) is 0 Å². The van der Waals surface area contributed by atoms with Crippen LogP contribution in [0.15, 0.2) is 0 Å². The molecular weight excluding hydrogens is 258 g/mol. The molecular formula is C13H21N5S. The lowest BCUT2D eigenvalue weighted by Crippen LogP contribution is -2.13. The van der Waals surface area contributed by atoms with E-state index >= 15 is 0 Å². The van der Waals surface area contributed by atoms with Crippen LogP contribution in [0.25, 0.3) is 4.96 Å². The fraction of sp³-hybridized carbons (Fsp3) is 0.769. The predicted molar refractivity (Wildman–Crippen MR) is 76.4 cm³/mol. The van der Waals surface area contributed by atoms with Crippen molar-refractivity contribution >= 4 is 16.3 Å². The molecule has 1 aliphatic rings. The molecule has 1 unspecified atom stereocenters. The summed E-state index contributed by atoms with van der Waals surface area (Å²) < 4.78 is 1.97. The van der Waals surface area contributed by atoms with E-state index < -0.39 is 0 Å². The molecule has 5 nitrogen and oxygen atoms in total. The Balaban J connectivity index is 1.69. The Morgan fingerprint density at radius 1 is 1.37 bits per heavy atom. The van der Waals surface area contributed by atoms with Gasteiger partial charge in [-0.15, -0.1) is 10.2 Å². The van der Waals surface area contributed by atoms with Gasteiger partial charge in [-0.05, 0) is 38.1 Å². The zero-order valence-corrected chi connectivity index (χ0v) is 12.2. The first-order valence-corrected chi connectivity index (χ1v) is 8.00. The maximum Gasteiger partial charge on any atom is 0.234 e. The zero-order chi connectivity index (χ0) is 13.2. The fourth-order valence-corrected chi connectivity index (χ4v) is 3.35. The second-order valence-corrected chi connectivity index (χ2v) is 6.64. The molecule has 1 aliphatic carbocycles. The molecule has 0 amide bonds. The zero-order valence-electron chi connectivity index (χ0n) is 11.4. The van der Waals surface area contributed by atoms with Crippen molar-refractivity contribution in [3.8, 4) is 0 Å². The van der Waals surface area contributed by atoms with Crippen molar-refractivity contribution < 1.29 is 0 Å². The van der Waals surface area contributed by atoms with E-state index in [-0.39, 0.29) is 0 Å². The highest BCUT2D eigenvalue weighted by Gasteiger charge is 2.26. The molecule has 0 aliphatic heterocycles. The molecule has 104 valence electrons. The maximum absolute atomic E-state index is 5.58. The molecule has 3 rings (SSSR count). The second-order valence-electron chi connectivity index (χ2n) is 5.60. The first-order valence-electron chi connectivity index (χ1n) is 7.19. The highest BCUT2D eigenvalue weighted by Crippen LogP contribution is 2.35. The van der Waals surface area contributed by atoms with Crippen LogP contribution in [0, 0.1) is 5.92 Å². The van der Waals surface area contributed by atoms with Crippen molar-refractivity contribution in [2.24, 2.45) is 11.7 Å². The average Bonchev–Trinajstić information content (AvgIpc) is 2.87. The predicted octanol–water partition coefficient (Wildman–Crippen LogP) is 2.37. The minimum atomic E-state index is 0.584. The smallest absolute Gasteiger partial charge is 0.234 e. The summed E-state index contributed by atoms with van der Waals surface area (Å²) in [4.78, 5) is 0.948. The van der Waals surface area contributed by atoms with Crippen molar-refractivity contribution in [2.75, 3.05) is 6.54 Å². The van der Waals surface area contributed by atoms with Gasteiger partial charge in [0, 0.05) is 12.3 Å². The highest BCUT2D eigenvalue weighted by atomic mass is 32.1. The van der Waals surface area contributed by atoms with E-state index in [4.69, 9.17) is 5.73 Å². The van der Waals surface area contributed by atoms with Crippen LogP contribution in [-0.4, -0.2) is 26.4 Å². The Bertz CT molecular complexity index is 542. The number of fused-ring (bicyclic) bond motifs is 1. The number of aryl methyl sites for hydroxylation is 1. The number of hydrogen-bond donors (Lipinski definition) is 1. The molecule has 1 fully saturated rings. The van der Waals surface area contributed by atoms with Crippen molar-refractivity contribution in [2.45, 2.75) is 51.4 Å². The molecule has 2 aromatic heterocycles. The maximum atomic E-state index is 5.58. The molecule has 0 aromatic carbocycles. The number of nitrogens with zero attached hydrogens (tertiary/aromatic N) is 4. The molecule has 19 heavy (non-hydrogen) atoms. The van der Waals surface area contributed by atoms with Gasteiger partial charge in [0.1, 0.15) is 5.01 Å². The Kier molecular flexibility index (Phi) is 3.79. The Morgan fingerprint density at radius 3 is 2.89 bits per heavy atom. The summed E-state index contributed by atoms with van der Waals surface area (Å²) in [6.07, 6.45) is 7.06. The largest absolute Gasteiger partial charge is 0.330 e.